The molecule has 1 aliphatic carbocycles. The first-order valence-corrected chi connectivity index (χ1v) is 10.8. The van der Waals surface area contributed by atoms with Gasteiger partial charge in [-0.3, -0.25) is 4.79 Å². The lowest BCUT2D eigenvalue weighted by Crippen LogP contribution is -2.46. The summed E-state index contributed by atoms with van der Waals surface area (Å²) in [6, 6.07) is 0.757. The molecule has 0 aromatic rings. The largest absolute Gasteiger partial charge is 0.500 e. The van der Waals surface area contributed by atoms with Crippen LogP contribution < -0.4 is 5.32 Å². The fourth-order valence-electron chi connectivity index (χ4n) is 3.03. The van der Waals surface area contributed by atoms with Gasteiger partial charge in [-0.2, -0.15) is 0 Å². The van der Waals surface area contributed by atoms with Crippen LogP contribution in [0.3, 0.4) is 0 Å². The van der Waals surface area contributed by atoms with Gasteiger partial charge in [0.25, 0.3) is 0 Å². The second kappa shape index (κ2) is 11.2. The molecule has 0 aliphatic heterocycles. The van der Waals surface area contributed by atoms with Crippen molar-refractivity contribution in [3.8, 4) is 0 Å². The van der Waals surface area contributed by atoms with Gasteiger partial charge < -0.3 is 18.6 Å². The van der Waals surface area contributed by atoms with Gasteiger partial charge in [-0.05, 0) is 40.0 Å². The Balaban J connectivity index is 2.33. The minimum absolute atomic E-state index is 0.219. The van der Waals surface area contributed by atoms with Crippen LogP contribution in [-0.2, 0) is 18.1 Å². The van der Waals surface area contributed by atoms with E-state index in [2.05, 4.69) is 5.32 Å². The van der Waals surface area contributed by atoms with E-state index in [0.717, 1.165) is 25.3 Å². The smallest absolute Gasteiger partial charge is 0.374 e. The molecular formula is C16H33NO4Si. The van der Waals surface area contributed by atoms with Crippen LogP contribution in [0.15, 0.2) is 0 Å². The Morgan fingerprint density at radius 2 is 1.55 bits per heavy atom. The van der Waals surface area contributed by atoms with Crippen LogP contribution in [0.1, 0.15) is 59.3 Å². The molecule has 1 rings (SSSR count). The molecule has 1 N–H and O–H groups in total. The van der Waals surface area contributed by atoms with Crippen molar-refractivity contribution in [2.75, 3.05) is 26.4 Å². The molecule has 0 radical (unpaired) electrons. The predicted octanol–water partition coefficient (Wildman–Crippen LogP) is 3.12. The second-order valence-electron chi connectivity index (χ2n) is 5.71. The SMILES string of the molecule is CCO[Si](CCCNC(=O)C1CCCCC1)(OCC)OCC. The number of rotatable bonds is 11. The van der Waals surface area contributed by atoms with Crippen LogP contribution in [-0.4, -0.2) is 41.1 Å². The lowest BCUT2D eigenvalue weighted by molar-refractivity contribution is -0.125. The monoisotopic (exact) mass is 331 g/mol. The first-order valence-electron chi connectivity index (χ1n) is 8.87. The van der Waals surface area contributed by atoms with Crippen LogP contribution in [0.2, 0.25) is 6.04 Å². The molecule has 0 aromatic heterocycles. The van der Waals surface area contributed by atoms with E-state index < -0.39 is 8.80 Å². The Morgan fingerprint density at radius 1 is 1.00 bits per heavy atom. The molecule has 5 nitrogen and oxygen atoms in total. The van der Waals surface area contributed by atoms with Crippen molar-refractivity contribution < 1.29 is 18.1 Å². The number of hydrogen-bond donors (Lipinski definition) is 1. The first-order chi connectivity index (χ1) is 10.7. The number of carbonyl (C=O) groups excluding carboxylic acids is 1. The average Bonchev–Trinajstić information content (AvgIpc) is 2.53. The Labute approximate surface area is 136 Å². The van der Waals surface area contributed by atoms with Crippen molar-refractivity contribution in [2.24, 2.45) is 5.92 Å². The Bertz CT molecular complexity index is 292. The van der Waals surface area contributed by atoms with Gasteiger partial charge in [0.2, 0.25) is 5.91 Å². The number of nitrogens with one attached hydrogen (secondary N) is 1. The molecule has 0 heterocycles. The predicted molar refractivity (Wildman–Crippen MR) is 89.6 cm³/mol. The van der Waals surface area contributed by atoms with Gasteiger partial charge >= 0.3 is 8.80 Å². The van der Waals surface area contributed by atoms with Gasteiger partial charge in [0.05, 0.1) is 0 Å². The van der Waals surface area contributed by atoms with E-state index in [9.17, 15) is 4.79 Å². The molecule has 22 heavy (non-hydrogen) atoms. The fraction of sp³-hybridized carbons (Fsp3) is 0.938. The lowest BCUT2D eigenvalue weighted by Gasteiger charge is -2.28. The van der Waals surface area contributed by atoms with Crippen LogP contribution in [0, 0.1) is 5.92 Å². The molecule has 1 fully saturated rings. The summed E-state index contributed by atoms with van der Waals surface area (Å²) >= 11 is 0. The number of amides is 1. The first kappa shape index (κ1) is 19.6. The Kier molecular flexibility index (Phi) is 9.95. The molecule has 6 heteroatoms. The van der Waals surface area contributed by atoms with E-state index in [1.165, 1.54) is 19.3 Å². The summed E-state index contributed by atoms with van der Waals surface area (Å²) in [6.45, 7) is 8.36. The van der Waals surface area contributed by atoms with Gasteiger partial charge in [0.15, 0.2) is 0 Å². The second-order valence-corrected chi connectivity index (χ2v) is 8.44. The van der Waals surface area contributed by atoms with Crippen molar-refractivity contribution in [1.29, 1.82) is 0 Å². The zero-order valence-corrected chi connectivity index (χ0v) is 15.5. The van der Waals surface area contributed by atoms with Crippen LogP contribution in [0.5, 0.6) is 0 Å². The molecule has 0 unspecified atom stereocenters. The van der Waals surface area contributed by atoms with Crippen molar-refractivity contribution in [1.82, 2.24) is 5.32 Å². The third-order valence-corrected chi connectivity index (χ3v) is 7.18. The minimum Gasteiger partial charge on any atom is -0.374 e. The van der Waals surface area contributed by atoms with Gasteiger partial charge in [0, 0.05) is 38.3 Å². The quantitative estimate of drug-likeness (QED) is 0.467. The molecule has 0 bridgehead atoms. The van der Waals surface area contributed by atoms with Crippen molar-refractivity contribution in [2.45, 2.75) is 65.3 Å². The van der Waals surface area contributed by atoms with Crippen molar-refractivity contribution >= 4 is 14.7 Å². The lowest BCUT2D eigenvalue weighted by atomic mass is 9.89. The Hall–Kier alpha value is -0.433. The van der Waals surface area contributed by atoms with Gasteiger partial charge in [-0.15, -0.1) is 0 Å². The molecule has 0 spiro atoms. The zero-order valence-electron chi connectivity index (χ0n) is 14.5. The van der Waals surface area contributed by atoms with Crippen LogP contribution in [0.25, 0.3) is 0 Å². The summed E-state index contributed by atoms with van der Waals surface area (Å²) in [7, 11) is -2.56. The average molecular weight is 332 g/mol. The third-order valence-electron chi connectivity index (χ3n) is 4.03. The van der Waals surface area contributed by atoms with E-state index in [4.69, 9.17) is 13.3 Å². The maximum absolute atomic E-state index is 12.1. The molecule has 1 amide bonds. The highest BCUT2D eigenvalue weighted by atomic mass is 28.4. The van der Waals surface area contributed by atoms with Crippen LogP contribution >= 0.6 is 0 Å². The standard InChI is InChI=1S/C16H33NO4Si/c1-4-19-22(20-5-2,21-6-3)14-10-13-17-16(18)15-11-8-7-9-12-15/h15H,4-14H2,1-3H3,(H,17,18). The molecule has 1 aliphatic rings. The van der Waals surface area contributed by atoms with Gasteiger partial charge in [-0.25, -0.2) is 0 Å². The van der Waals surface area contributed by atoms with Crippen molar-refractivity contribution in [3.63, 3.8) is 0 Å². The van der Waals surface area contributed by atoms with E-state index >= 15 is 0 Å². The summed E-state index contributed by atoms with van der Waals surface area (Å²) in [5, 5.41) is 3.07. The highest BCUT2D eigenvalue weighted by Crippen LogP contribution is 2.23. The third kappa shape index (κ3) is 6.77. The highest BCUT2D eigenvalue weighted by molar-refractivity contribution is 6.60. The molecule has 130 valence electrons. The topological polar surface area (TPSA) is 56.8 Å². The molecular weight excluding hydrogens is 298 g/mol. The molecule has 0 saturated heterocycles. The minimum atomic E-state index is -2.56. The fourth-order valence-corrected chi connectivity index (χ4v) is 5.64. The summed E-state index contributed by atoms with van der Waals surface area (Å²) in [5.74, 6) is 0.442. The maximum Gasteiger partial charge on any atom is 0.500 e. The van der Waals surface area contributed by atoms with E-state index in [1.807, 2.05) is 20.8 Å². The summed E-state index contributed by atoms with van der Waals surface area (Å²) < 4.78 is 17.4. The summed E-state index contributed by atoms with van der Waals surface area (Å²) in [5.41, 5.74) is 0. The highest BCUT2D eigenvalue weighted by Gasteiger charge is 2.39. The molecule has 0 aromatic carbocycles. The maximum atomic E-state index is 12.1. The Morgan fingerprint density at radius 3 is 2.05 bits per heavy atom. The van der Waals surface area contributed by atoms with Crippen LogP contribution in [0.4, 0.5) is 0 Å². The normalized spacial score (nSPS) is 16.7. The van der Waals surface area contributed by atoms with Crippen molar-refractivity contribution in [3.05, 3.63) is 0 Å². The van der Waals surface area contributed by atoms with E-state index in [1.54, 1.807) is 0 Å². The molecule has 1 saturated carbocycles. The zero-order chi connectivity index (χ0) is 16.3. The van der Waals surface area contributed by atoms with E-state index in [-0.39, 0.29) is 11.8 Å². The summed E-state index contributed by atoms with van der Waals surface area (Å²) in [6.07, 6.45) is 6.57. The van der Waals surface area contributed by atoms with E-state index in [0.29, 0.717) is 26.4 Å². The number of hydrogen-bond acceptors (Lipinski definition) is 4. The molecule has 0 atom stereocenters. The summed E-state index contributed by atoms with van der Waals surface area (Å²) in [4.78, 5) is 12.1. The van der Waals surface area contributed by atoms with Gasteiger partial charge in [-0.1, -0.05) is 19.3 Å². The number of carbonyl (C=O) groups is 1. The van der Waals surface area contributed by atoms with Gasteiger partial charge in [0.1, 0.15) is 0 Å².